The van der Waals surface area contributed by atoms with Gasteiger partial charge >= 0.3 is 18.4 Å². The Hall–Kier alpha value is -1.57. The number of benzene rings is 1. The van der Waals surface area contributed by atoms with Crippen LogP contribution in [0.1, 0.15) is 5.56 Å². The molecule has 2 saturated heterocycles. The van der Waals surface area contributed by atoms with E-state index in [1.165, 1.54) is 0 Å². The minimum absolute atomic E-state index is 0.0451. The van der Waals surface area contributed by atoms with Gasteiger partial charge in [-0.05, 0) is 24.0 Å². The van der Waals surface area contributed by atoms with E-state index in [-0.39, 0.29) is 26.2 Å². The first-order chi connectivity index (χ1) is 15.9. The summed E-state index contributed by atoms with van der Waals surface area (Å²) in [6.07, 6.45) is -15.2. The molecular formula is C20H25ClF6N4O2S. The molecular weight excluding hydrogens is 510 g/mol. The number of amides is 1. The first kappa shape index (κ1) is 27.0. The lowest BCUT2D eigenvalue weighted by Crippen LogP contribution is -2.52. The summed E-state index contributed by atoms with van der Waals surface area (Å²) in [5.74, 6) is 0. The third-order valence-corrected chi connectivity index (χ3v) is 6.84. The monoisotopic (exact) mass is 534 g/mol. The number of rotatable bonds is 5. The number of alkyl halides is 6. The van der Waals surface area contributed by atoms with Crippen LogP contribution < -0.4 is 4.90 Å². The van der Waals surface area contributed by atoms with Gasteiger partial charge < -0.3 is 14.5 Å². The van der Waals surface area contributed by atoms with Gasteiger partial charge in [0.1, 0.15) is 0 Å². The van der Waals surface area contributed by atoms with Gasteiger partial charge in [0.25, 0.3) is 6.10 Å². The summed E-state index contributed by atoms with van der Waals surface area (Å²) < 4.78 is 82.1. The number of carbonyl (C=O) groups excluding carboxylic acids is 1. The minimum Gasteiger partial charge on any atom is -0.426 e. The van der Waals surface area contributed by atoms with Gasteiger partial charge in [0, 0.05) is 69.6 Å². The fourth-order valence-electron chi connectivity index (χ4n) is 3.90. The molecule has 2 fully saturated rings. The zero-order valence-electron chi connectivity index (χ0n) is 18.3. The van der Waals surface area contributed by atoms with Gasteiger partial charge in [-0.3, -0.25) is 4.90 Å². The van der Waals surface area contributed by atoms with Gasteiger partial charge in [0.15, 0.2) is 0 Å². The quantitative estimate of drug-likeness (QED) is 0.410. The molecule has 1 amide bonds. The molecule has 1 aromatic rings. The van der Waals surface area contributed by atoms with Crippen molar-refractivity contribution in [2.75, 3.05) is 63.5 Å². The Balaban J connectivity index is 1.59. The fraction of sp³-hybridized carbons (Fsp3) is 0.650. The zero-order chi connectivity index (χ0) is 25.1. The average Bonchev–Trinajstić information content (AvgIpc) is 2.77. The number of anilines is 1. The second-order valence-electron chi connectivity index (χ2n) is 7.98. The molecule has 1 aromatic carbocycles. The molecule has 3 rings (SSSR count). The Kier molecular flexibility index (Phi) is 8.75. The molecule has 2 aliphatic rings. The summed E-state index contributed by atoms with van der Waals surface area (Å²) >= 11 is 7.91. The Morgan fingerprint density at radius 3 is 2.12 bits per heavy atom. The predicted molar refractivity (Wildman–Crippen MR) is 118 cm³/mol. The number of ether oxygens (including phenoxy) is 1. The largest absolute Gasteiger partial charge is 0.434 e. The highest BCUT2D eigenvalue weighted by molar-refractivity contribution is 7.96. The lowest BCUT2D eigenvalue weighted by Gasteiger charge is -2.38. The van der Waals surface area contributed by atoms with Crippen molar-refractivity contribution >= 4 is 35.3 Å². The van der Waals surface area contributed by atoms with E-state index >= 15 is 0 Å². The van der Waals surface area contributed by atoms with E-state index in [4.69, 9.17) is 11.6 Å². The molecule has 0 radical (unpaired) electrons. The number of piperazine rings is 2. The topological polar surface area (TPSA) is 39.3 Å². The molecule has 0 spiro atoms. The molecule has 0 saturated carbocycles. The number of hydrogen-bond donors (Lipinski definition) is 0. The van der Waals surface area contributed by atoms with E-state index in [9.17, 15) is 31.1 Å². The maximum atomic E-state index is 12.7. The van der Waals surface area contributed by atoms with Crippen molar-refractivity contribution < 1.29 is 35.9 Å². The summed E-state index contributed by atoms with van der Waals surface area (Å²) in [5.41, 5.74) is 2.00. The molecule has 0 N–H and O–H groups in total. The van der Waals surface area contributed by atoms with E-state index in [2.05, 4.69) is 13.9 Å². The third kappa shape index (κ3) is 6.98. The molecule has 0 aromatic heterocycles. The van der Waals surface area contributed by atoms with Crippen molar-refractivity contribution in [1.29, 1.82) is 0 Å². The first-order valence-electron chi connectivity index (χ1n) is 10.5. The van der Waals surface area contributed by atoms with E-state index < -0.39 is 24.5 Å². The van der Waals surface area contributed by atoms with Crippen LogP contribution in [-0.2, 0) is 11.3 Å². The number of halogens is 7. The lowest BCUT2D eigenvalue weighted by atomic mass is 10.1. The summed E-state index contributed by atoms with van der Waals surface area (Å²) in [4.78, 5) is 17.1. The summed E-state index contributed by atoms with van der Waals surface area (Å²) in [6.45, 7) is 4.41. The maximum Gasteiger partial charge on any atom is 0.434 e. The normalized spacial score (nSPS) is 19.1. The summed E-state index contributed by atoms with van der Waals surface area (Å²) in [5, 5.41) is 0.600. The van der Waals surface area contributed by atoms with Crippen LogP contribution in [0.15, 0.2) is 18.2 Å². The van der Waals surface area contributed by atoms with Crippen LogP contribution in [0.3, 0.4) is 0 Å². The zero-order valence-corrected chi connectivity index (χ0v) is 19.9. The van der Waals surface area contributed by atoms with Gasteiger partial charge in [0.2, 0.25) is 0 Å². The Morgan fingerprint density at radius 1 is 1.00 bits per heavy atom. The highest BCUT2D eigenvalue weighted by Gasteiger charge is 2.60. The molecule has 0 unspecified atom stereocenters. The number of hydrogen-bond acceptors (Lipinski definition) is 6. The molecule has 0 bridgehead atoms. The molecule has 6 nitrogen and oxygen atoms in total. The molecule has 0 aliphatic carbocycles. The van der Waals surface area contributed by atoms with E-state index in [0.717, 1.165) is 42.3 Å². The average molecular weight is 535 g/mol. The SMILES string of the molecule is CSN1CCN(c2cc(Cl)ccc2CN2CCN(C(=O)OC(C(F)(F)F)C(F)(F)F)CC2)CC1. The van der Waals surface area contributed by atoms with Crippen LogP contribution >= 0.6 is 23.5 Å². The molecule has 2 aliphatic heterocycles. The number of nitrogens with zero attached hydrogens (tertiary/aromatic N) is 4. The summed E-state index contributed by atoms with van der Waals surface area (Å²) in [6, 6.07) is 5.59. The van der Waals surface area contributed by atoms with Crippen molar-refractivity contribution in [2.24, 2.45) is 0 Å². The van der Waals surface area contributed by atoms with Crippen LogP contribution in [0.2, 0.25) is 5.02 Å². The van der Waals surface area contributed by atoms with Crippen LogP contribution in [0, 0.1) is 0 Å². The van der Waals surface area contributed by atoms with E-state index in [1.54, 1.807) is 18.0 Å². The van der Waals surface area contributed by atoms with Gasteiger partial charge in [-0.15, -0.1) is 0 Å². The number of carbonyl (C=O) groups is 1. The van der Waals surface area contributed by atoms with Crippen molar-refractivity contribution in [3.05, 3.63) is 28.8 Å². The molecule has 2 heterocycles. The van der Waals surface area contributed by atoms with Crippen LogP contribution in [0.5, 0.6) is 0 Å². The van der Waals surface area contributed by atoms with Crippen molar-refractivity contribution in [2.45, 2.75) is 25.0 Å². The first-order valence-corrected chi connectivity index (χ1v) is 12.1. The van der Waals surface area contributed by atoms with Crippen molar-refractivity contribution in [3.63, 3.8) is 0 Å². The fourth-order valence-corrected chi connectivity index (χ4v) is 4.60. The van der Waals surface area contributed by atoms with Gasteiger partial charge in [0.05, 0.1) is 0 Å². The second kappa shape index (κ2) is 11.0. The second-order valence-corrected chi connectivity index (χ2v) is 9.30. The Labute approximate surface area is 202 Å². The molecule has 34 heavy (non-hydrogen) atoms. The maximum absolute atomic E-state index is 12.7. The summed E-state index contributed by atoms with van der Waals surface area (Å²) in [7, 11) is 0. The van der Waals surface area contributed by atoms with Crippen LogP contribution in [0.25, 0.3) is 0 Å². The predicted octanol–water partition coefficient (Wildman–Crippen LogP) is 4.49. The van der Waals surface area contributed by atoms with Gasteiger partial charge in [-0.1, -0.05) is 29.6 Å². The Bertz CT molecular complexity index is 829. The van der Waals surface area contributed by atoms with Crippen molar-refractivity contribution in [3.8, 4) is 0 Å². The minimum atomic E-state index is -5.73. The highest BCUT2D eigenvalue weighted by atomic mass is 35.5. The van der Waals surface area contributed by atoms with Gasteiger partial charge in [-0.25, -0.2) is 9.10 Å². The van der Waals surface area contributed by atoms with Crippen molar-refractivity contribution in [1.82, 2.24) is 14.1 Å². The van der Waals surface area contributed by atoms with E-state index in [1.807, 2.05) is 23.3 Å². The van der Waals surface area contributed by atoms with Crippen LogP contribution in [-0.4, -0.2) is 97.3 Å². The highest BCUT2D eigenvalue weighted by Crippen LogP contribution is 2.36. The van der Waals surface area contributed by atoms with Gasteiger partial charge in [-0.2, -0.15) is 26.3 Å². The molecule has 192 valence electrons. The van der Waals surface area contributed by atoms with Crippen LogP contribution in [0.4, 0.5) is 36.8 Å². The van der Waals surface area contributed by atoms with E-state index in [0.29, 0.717) is 11.6 Å². The third-order valence-electron chi connectivity index (χ3n) is 5.72. The molecule has 0 atom stereocenters. The Morgan fingerprint density at radius 2 is 1.59 bits per heavy atom. The smallest absolute Gasteiger partial charge is 0.426 e. The standard InChI is InChI=1S/C20H25ClF6N4O2S/c1-34-31-10-8-29(9-11-31)16-12-15(21)3-2-14(16)13-28-4-6-30(7-5-28)18(32)33-17(19(22,23)24)20(25,26)27/h2-3,12,17H,4-11,13H2,1H3. The lowest BCUT2D eigenvalue weighted by molar-refractivity contribution is -0.308. The molecule has 14 heteroatoms.